The van der Waals surface area contributed by atoms with Crippen LogP contribution in [0.4, 0.5) is 0 Å². The summed E-state index contributed by atoms with van der Waals surface area (Å²) in [5, 5.41) is 0. The highest BCUT2D eigenvalue weighted by molar-refractivity contribution is 5.33. The maximum absolute atomic E-state index is 5.46. The third-order valence-electron chi connectivity index (χ3n) is 1.56. The van der Waals surface area contributed by atoms with Crippen molar-refractivity contribution in [2.24, 2.45) is 5.73 Å². The van der Waals surface area contributed by atoms with Gasteiger partial charge in [-0.05, 0) is 17.7 Å². The fourth-order valence-electron chi connectivity index (χ4n) is 0.886. The Morgan fingerprint density at radius 3 is 2.50 bits per heavy atom. The Hall–Kier alpha value is -1.33. The van der Waals surface area contributed by atoms with E-state index in [1.807, 2.05) is 31.2 Å². The molecule has 0 amide bonds. The summed E-state index contributed by atoms with van der Waals surface area (Å²) >= 11 is 0. The third kappa shape index (κ3) is 2.37. The molecule has 0 aliphatic carbocycles. The Morgan fingerprint density at radius 2 is 2.00 bits per heavy atom. The van der Waals surface area contributed by atoms with Gasteiger partial charge in [0.05, 0.1) is 0 Å². The van der Waals surface area contributed by atoms with Crippen molar-refractivity contribution in [3.8, 4) is 6.07 Å². The van der Waals surface area contributed by atoms with E-state index in [9.17, 15) is 0 Å². The van der Waals surface area contributed by atoms with Gasteiger partial charge in [-0.15, -0.1) is 0 Å². The van der Waals surface area contributed by atoms with E-state index >= 15 is 0 Å². The SMILES string of the molecule is CC[N+]#Cc1ccc(CN)cc1. The molecule has 0 bridgehead atoms. The first-order valence-corrected chi connectivity index (χ1v) is 4.08. The molecule has 1 aromatic rings. The lowest BCUT2D eigenvalue weighted by molar-refractivity contribution is 1.07. The van der Waals surface area contributed by atoms with E-state index in [1.54, 1.807) is 0 Å². The quantitative estimate of drug-likeness (QED) is 0.669. The molecule has 0 aromatic heterocycles. The maximum Gasteiger partial charge on any atom is 0.311 e. The summed E-state index contributed by atoms with van der Waals surface area (Å²) in [5.74, 6) is 0. The van der Waals surface area contributed by atoms with Gasteiger partial charge in [0.15, 0.2) is 0 Å². The van der Waals surface area contributed by atoms with Gasteiger partial charge in [-0.1, -0.05) is 17.0 Å². The summed E-state index contributed by atoms with van der Waals surface area (Å²) in [6, 6.07) is 10.9. The zero-order valence-electron chi connectivity index (χ0n) is 7.25. The molecule has 1 rings (SSSR count). The topological polar surface area (TPSA) is 30.4 Å². The predicted octanol–water partition coefficient (Wildman–Crippen LogP) is 1.85. The summed E-state index contributed by atoms with van der Waals surface area (Å²) in [6.07, 6.45) is 0. The normalized spacial score (nSPS) is 8.83. The molecule has 2 heteroatoms. The van der Waals surface area contributed by atoms with Crippen LogP contribution < -0.4 is 5.73 Å². The van der Waals surface area contributed by atoms with Gasteiger partial charge >= 0.3 is 6.07 Å². The van der Waals surface area contributed by atoms with Crippen LogP contribution in [0.3, 0.4) is 0 Å². The highest BCUT2D eigenvalue weighted by Gasteiger charge is 1.93. The number of rotatable bonds is 1. The van der Waals surface area contributed by atoms with Gasteiger partial charge in [0.2, 0.25) is 0 Å². The standard InChI is InChI=1S/C10H13N2/c1-2-12-8-10-5-3-9(7-11)4-6-10/h3-6H,2,7,11H2,1H3/q+1. The Morgan fingerprint density at radius 1 is 1.33 bits per heavy atom. The van der Waals surface area contributed by atoms with E-state index < -0.39 is 0 Å². The van der Waals surface area contributed by atoms with Gasteiger partial charge in [-0.2, -0.15) is 0 Å². The fraction of sp³-hybridized carbons (Fsp3) is 0.300. The van der Waals surface area contributed by atoms with Crippen LogP contribution in [0.15, 0.2) is 24.3 Å². The van der Waals surface area contributed by atoms with Crippen LogP contribution in [-0.4, -0.2) is 6.54 Å². The summed E-state index contributed by atoms with van der Waals surface area (Å²) in [4.78, 5) is 4.02. The van der Waals surface area contributed by atoms with E-state index in [4.69, 9.17) is 5.73 Å². The highest BCUT2D eigenvalue weighted by atomic mass is 14.6. The molecule has 0 fully saturated rings. The predicted molar refractivity (Wildman–Crippen MR) is 51.2 cm³/mol. The van der Waals surface area contributed by atoms with Gasteiger partial charge in [-0.25, -0.2) is 0 Å². The lowest BCUT2D eigenvalue weighted by atomic mass is 10.1. The molecule has 0 heterocycles. The minimum absolute atomic E-state index is 0.588. The van der Waals surface area contributed by atoms with Gasteiger partial charge in [0, 0.05) is 13.5 Å². The van der Waals surface area contributed by atoms with Gasteiger partial charge in [0.25, 0.3) is 6.54 Å². The van der Waals surface area contributed by atoms with Crippen molar-refractivity contribution in [1.29, 1.82) is 0 Å². The van der Waals surface area contributed by atoms with Gasteiger partial charge in [-0.3, -0.25) is 0 Å². The molecule has 2 nitrogen and oxygen atoms in total. The first-order chi connectivity index (χ1) is 5.86. The summed E-state index contributed by atoms with van der Waals surface area (Å²) < 4.78 is 0. The third-order valence-corrected chi connectivity index (χ3v) is 1.56. The second-order valence-electron chi connectivity index (χ2n) is 2.49. The number of benzene rings is 1. The molecule has 0 saturated carbocycles. The molecule has 0 radical (unpaired) electrons. The van der Waals surface area contributed by atoms with E-state index in [2.05, 4.69) is 10.9 Å². The molecule has 12 heavy (non-hydrogen) atoms. The summed E-state index contributed by atoms with van der Waals surface area (Å²) in [5.41, 5.74) is 7.60. The Labute approximate surface area is 72.8 Å². The average Bonchev–Trinajstić information content (AvgIpc) is 2.15. The van der Waals surface area contributed by atoms with Crippen LogP contribution in [-0.2, 0) is 6.54 Å². The monoisotopic (exact) mass is 161 g/mol. The van der Waals surface area contributed by atoms with Crippen molar-refractivity contribution >= 4 is 0 Å². The second-order valence-corrected chi connectivity index (χ2v) is 2.49. The molecule has 62 valence electrons. The Balaban J connectivity index is 2.78. The van der Waals surface area contributed by atoms with Crippen LogP contribution in [0.1, 0.15) is 18.1 Å². The molecule has 0 spiro atoms. The minimum Gasteiger partial charge on any atom is -0.326 e. The average molecular weight is 161 g/mol. The smallest absolute Gasteiger partial charge is 0.311 e. The summed E-state index contributed by atoms with van der Waals surface area (Å²) in [7, 11) is 0. The Bertz CT molecular complexity index is 290. The van der Waals surface area contributed by atoms with Crippen molar-refractivity contribution in [2.75, 3.05) is 6.54 Å². The van der Waals surface area contributed by atoms with E-state index in [0.717, 1.165) is 17.7 Å². The largest absolute Gasteiger partial charge is 0.326 e. The maximum atomic E-state index is 5.46. The molecule has 0 aliphatic rings. The molecule has 1 aromatic carbocycles. The van der Waals surface area contributed by atoms with Gasteiger partial charge in [0.1, 0.15) is 5.56 Å². The zero-order chi connectivity index (χ0) is 8.81. The number of hydrogen-bond acceptors (Lipinski definition) is 1. The molecule has 0 aliphatic heterocycles. The molecule has 0 atom stereocenters. The van der Waals surface area contributed by atoms with Crippen LogP contribution >= 0.6 is 0 Å². The number of hydrogen-bond donors (Lipinski definition) is 1. The fourth-order valence-corrected chi connectivity index (χ4v) is 0.886. The van der Waals surface area contributed by atoms with Crippen LogP contribution in [0, 0.1) is 6.07 Å². The second kappa shape index (κ2) is 4.53. The van der Waals surface area contributed by atoms with E-state index in [-0.39, 0.29) is 0 Å². The highest BCUT2D eigenvalue weighted by Crippen LogP contribution is 2.01. The first-order valence-electron chi connectivity index (χ1n) is 4.08. The van der Waals surface area contributed by atoms with E-state index in [0.29, 0.717) is 6.54 Å². The summed E-state index contributed by atoms with van der Waals surface area (Å²) in [6.45, 7) is 3.35. The molecular weight excluding hydrogens is 148 g/mol. The Kier molecular flexibility index (Phi) is 3.31. The number of nitrogens with zero attached hydrogens (tertiary/aromatic N) is 1. The molecule has 0 saturated heterocycles. The lowest BCUT2D eigenvalue weighted by Gasteiger charge is -1.92. The van der Waals surface area contributed by atoms with Gasteiger partial charge < -0.3 is 5.73 Å². The van der Waals surface area contributed by atoms with Crippen molar-refractivity contribution in [1.82, 2.24) is 0 Å². The lowest BCUT2D eigenvalue weighted by Crippen LogP contribution is -1.95. The van der Waals surface area contributed by atoms with Crippen molar-refractivity contribution in [3.05, 3.63) is 40.2 Å². The number of nitrogens with two attached hydrogens (primary N) is 1. The zero-order valence-corrected chi connectivity index (χ0v) is 7.25. The minimum atomic E-state index is 0.588. The van der Waals surface area contributed by atoms with Crippen LogP contribution in [0.25, 0.3) is 4.85 Å². The first kappa shape index (κ1) is 8.76. The van der Waals surface area contributed by atoms with Crippen molar-refractivity contribution in [3.63, 3.8) is 0 Å². The molecule has 2 N–H and O–H groups in total. The van der Waals surface area contributed by atoms with E-state index in [1.165, 1.54) is 0 Å². The van der Waals surface area contributed by atoms with Crippen molar-refractivity contribution in [2.45, 2.75) is 13.5 Å². The van der Waals surface area contributed by atoms with Crippen LogP contribution in [0.2, 0.25) is 0 Å². The molecule has 0 unspecified atom stereocenters. The molecular formula is C10H13N2+. The van der Waals surface area contributed by atoms with Crippen LogP contribution in [0.5, 0.6) is 0 Å². The van der Waals surface area contributed by atoms with Crippen molar-refractivity contribution < 1.29 is 0 Å².